The van der Waals surface area contributed by atoms with Gasteiger partial charge >= 0.3 is 0 Å². The summed E-state index contributed by atoms with van der Waals surface area (Å²) in [6.07, 6.45) is 0.0482. The molecular formula is C6H6O5. The largest absolute Gasteiger partial charge is 0.370 e. The Morgan fingerprint density at radius 2 is 1.27 bits per heavy atom. The minimum atomic E-state index is -0.351. The zero-order valence-corrected chi connectivity index (χ0v) is 5.61. The molecule has 4 aliphatic rings. The summed E-state index contributed by atoms with van der Waals surface area (Å²) in [5.41, 5.74) is 0. The van der Waals surface area contributed by atoms with Crippen LogP contribution in [-0.4, -0.2) is 37.4 Å². The molecule has 4 fully saturated rings. The van der Waals surface area contributed by atoms with Crippen LogP contribution in [0, 0.1) is 0 Å². The van der Waals surface area contributed by atoms with Gasteiger partial charge in [-0.25, -0.2) is 0 Å². The minimum Gasteiger partial charge on any atom is -0.370 e. The van der Waals surface area contributed by atoms with Gasteiger partial charge in [0.15, 0.2) is 0 Å². The molecule has 0 aromatic rings. The Morgan fingerprint density at radius 3 is 1.55 bits per heavy atom. The molecule has 0 radical (unpaired) electrons. The summed E-state index contributed by atoms with van der Waals surface area (Å²) in [6.45, 7) is 0.998. The fourth-order valence-corrected chi connectivity index (χ4v) is 1.21. The normalized spacial score (nSPS) is 66.5. The maximum atomic E-state index is 5.27. The average molecular weight is 158 g/mol. The Bertz CT molecular complexity index is 203. The summed E-state index contributed by atoms with van der Waals surface area (Å²) in [4.78, 5) is 0. The Kier molecular flexibility index (Phi) is 0.611. The summed E-state index contributed by atoms with van der Waals surface area (Å²) >= 11 is 0. The Balaban J connectivity index is 1.29. The summed E-state index contributed by atoms with van der Waals surface area (Å²) in [7, 11) is 0. The van der Waals surface area contributed by atoms with Gasteiger partial charge in [0.05, 0.1) is 0 Å². The smallest absolute Gasteiger partial charge is 0.249 e. The lowest BCUT2D eigenvalue weighted by Crippen LogP contribution is -2.16. The number of hydrogen-bond donors (Lipinski definition) is 0. The van der Waals surface area contributed by atoms with Crippen LogP contribution in [0.1, 0.15) is 0 Å². The topological polar surface area (TPSA) is 59.4 Å². The SMILES string of the molecule is C(OCC12OC1O2)C12OC1O2. The molecule has 4 rings (SSSR count). The van der Waals surface area contributed by atoms with E-state index < -0.39 is 0 Å². The second kappa shape index (κ2) is 1.23. The first-order chi connectivity index (χ1) is 5.33. The monoisotopic (exact) mass is 158 g/mol. The highest BCUT2D eigenvalue weighted by Gasteiger charge is 2.80. The predicted octanol–water partition coefficient (Wildman–Crippen LogP) is -0.831. The lowest BCUT2D eigenvalue weighted by Gasteiger charge is -2.02. The van der Waals surface area contributed by atoms with E-state index in [0.29, 0.717) is 13.2 Å². The molecule has 0 bridgehead atoms. The van der Waals surface area contributed by atoms with Gasteiger partial charge in [-0.3, -0.25) is 0 Å². The highest BCUT2D eigenvalue weighted by atomic mass is 17.0. The number of hydrogen-bond acceptors (Lipinski definition) is 5. The van der Waals surface area contributed by atoms with Crippen LogP contribution in [0.4, 0.5) is 0 Å². The highest BCUT2D eigenvalue weighted by Crippen LogP contribution is 2.58. The second-order valence-corrected chi connectivity index (χ2v) is 3.25. The molecule has 0 aromatic heterocycles. The highest BCUT2D eigenvalue weighted by molar-refractivity contribution is 5.05. The summed E-state index contributed by atoms with van der Waals surface area (Å²) in [5, 5.41) is 0. The maximum absolute atomic E-state index is 5.27. The van der Waals surface area contributed by atoms with Crippen molar-refractivity contribution in [1.29, 1.82) is 0 Å². The van der Waals surface area contributed by atoms with E-state index in [1.54, 1.807) is 0 Å². The molecule has 0 aromatic carbocycles. The zero-order valence-electron chi connectivity index (χ0n) is 5.61. The van der Waals surface area contributed by atoms with Gasteiger partial charge in [-0.15, -0.1) is 0 Å². The van der Waals surface area contributed by atoms with Crippen molar-refractivity contribution in [2.24, 2.45) is 0 Å². The fourth-order valence-electron chi connectivity index (χ4n) is 1.21. The molecule has 0 N–H and O–H groups in total. The second-order valence-electron chi connectivity index (χ2n) is 3.25. The van der Waals surface area contributed by atoms with E-state index >= 15 is 0 Å². The molecule has 0 spiro atoms. The van der Waals surface area contributed by atoms with Crippen LogP contribution < -0.4 is 0 Å². The minimum absolute atomic E-state index is 0.0241. The zero-order chi connectivity index (χ0) is 7.10. The van der Waals surface area contributed by atoms with Crippen LogP contribution in [0.5, 0.6) is 0 Å². The molecule has 11 heavy (non-hydrogen) atoms. The third-order valence-corrected chi connectivity index (χ3v) is 2.32. The van der Waals surface area contributed by atoms with Crippen molar-refractivity contribution in [2.75, 3.05) is 13.2 Å². The van der Waals surface area contributed by atoms with Gasteiger partial charge in [0, 0.05) is 0 Å². The van der Waals surface area contributed by atoms with E-state index in [1.165, 1.54) is 0 Å². The molecule has 0 unspecified atom stereocenters. The van der Waals surface area contributed by atoms with Crippen LogP contribution in [0.3, 0.4) is 0 Å². The molecule has 60 valence electrons. The lowest BCUT2D eigenvalue weighted by atomic mass is 10.5. The van der Waals surface area contributed by atoms with Gasteiger partial charge in [0.25, 0.3) is 0 Å². The molecule has 4 saturated heterocycles. The fraction of sp³-hybridized carbons (Fsp3) is 1.00. The van der Waals surface area contributed by atoms with E-state index in [0.717, 1.165) is 0 Å². The molecule has 0 saturated carbocycles. The van der Waals surface area contributed by atoms with Crippen molar-refractivity contribution in [2.45, 2.75) is 24.2 Å². The Labute approximate surface area is 62.1 Å². The molecule has 0 aliphatic carbocycles. The molecule has 5 nitrogen and oxygen atoms in total. The summed E-state index contributed by atoms with van der Waals surface area (Å²) < 4.78 is 25.3. The molecular weight excluding hydrogens is 152 g/mol. The van der Waals surface area contributed by atoms with Crippen molar-refractivity contribution in [3.05, 3.63) is 0 Å². The summed E-state index contributed by atoms with van der Waals surface area (Å²) in [6, 6.07) is 0. The standard InChI is InChI=1S/C6H6O5/c1(5-3(8-5)9-5)7-2-6-4(10-6)11-6/h3-4H,1-2H2. The lowest BCUT2D eigenvalue weighted by molar-refractivity contribution is -0.119. The van der Waals surface area contributed by atoms with Crippen LogP contribution in [0.2, 0.25) is 0 Å². The molecule has 0 amide bonds. The van der Waals surface area contributed by atoms with E-state index in [-0.39, 0.29) is 24.2 Å². The van der Waals surface area contributed by atoms with E-state index in [2.05, 4.69) is 0 Å². The Morgan fingerprint density at radius 1 is 0.909 bits per heavy atom. The van der Waals surface area contributed by atoms with Gasteiger partial charge in [0.1, 0.15) is 13.2 Å². The number of ether oxygens (including phenoxy) is 5. The maximum Gasteiger partial charge on any atom is 0.249 e. The Hall–Kier alpha value is -0.200. The molecule has 4 heterocycles. The van der Waals surface area contributed by atoms with E-state index in [9.17, 15) is 0 Å². The third kappa shape index (κ3) is 0.590. The van der Waals surface area contributed by atoms with Crippen molar-refractivity contribution in [1.82, 2.24) is 0 Å². The quantitative estimate of drug-likeness (QED) is 0.500. The van der Waals surface area contributed by atoms with E-state index in [1.807, 2.05) is 0 Å². The van der Waals surface area contributed by atoms with Gasteiger partial charge in [-0.2, -0.15) is 0 Å². The third-order valence-electron chi connectivity index (χ3n) is 2.32. The number of epoxide rings is 4. The van der Waals surface area contributed by atoms with Crippen molar-refractivity contribution < 1.29 is 23.7 Å². The van der Waals surface area contributed by atoms with Gasteiger partial charge in [0.2, 0.25) is 24.2 Å². The van der Waals surface area contributed by atoms with Crippen molar-refractivity contribution in [3.8, 4) is 0 Å². The molecule has 0 atom stereocenters. The van der Waals surface area contributed by atoms with Gasteiger partial charge < -0.3 is 23.7 Å². The van der Waals surface area contributed by atoms with E-state index in [4.69, 9.17) is 23.7 Å². The van der Waals surface area contributed by atoms with Crippen molar-refractivity contribution in [3.63, 3.8) is 0 Å². The summed E-state index contributed by atoms with van der Waals surface area (Å²) in [5.74, 6) is -0.703. The predicted molar refractivity (Wildman–Crippen MR) is 28.2 cm³/mol. The number of fused-ring (bicyclic) bond motifs is 2. The first-order valence-electron chi connectivity index (χ1n) is 3.62. The van der Waals surface area contributed by atoms with Gasteiger partial charge in [-0.1, -0.05) is 0 Å². The van der Waals surface area contributed by atoms with Crippen LogP contribution >= 0.6 is 0 Å². The molecule has 4 aliphatic heterocycles. The van der Waals surface area contributed by atoms with Gasteiger partial charge in [-0.05, 0) is 0 Å². The molecule has 5 heteroatoms. The van der Waals surface area contributed by atoms with Crippen LogP contribution in [0.25, 0.3) is 0 Å². The first-order valence-corrected chi connectivity index (χ1v) is 3.62. The van der Waals surface area contributed by atoms with Crippen LogP contribution in [0.15, 0.2) is 0 Å². The first kappa shape index (κ1) is 5.45. The number of rotatable bonds is 4. The van der Waals surface area contributed by atoms with Crippen molar-refractivity contribution >= 4 is 0 Å². The van der Waals surface area contributed by atoms with Crippen LogP contribution in [-0.2, 0) is 23.7 Å². The average Bonchev–Trinajstić information content (AvgIpc) is 2.55.